The van der Waals surface area contributed by atoms with Gasteiger partial charge in [-0.05, 0) is 38.0 Å². The van der Waals surface area contributed by atoms with Gasteiger partial charge in [-0.25, -0.2) is 9.78 Å². The minimum absolute atomic E-state index is 0.323. The van der Waals surface area contributed by atoms with Gasteiger partial charge in [-0.2, -0.15) is 0 Å². The standard InChI is InChI=1S/C23H29ClN2O2Si/c1-5-28-23(27)20-16-26(22(25-20)18-9-7-6-8-10-18)21-15-19(24)12-11-17(21)13-14-29(2,3)4/h11-12,15-16,18H,5-10H2,1-4H3. The SMILES string of the molecule is CCOC(=O)c1cn(-c2cc(Cl)ccc2C#C[Si](C)(C)C)c(C2CCCCC2)n1. The van der Waals surface area contributed by atoms with Gasteiger partial charge in [0.1, 0.15) is 13.9 Å². The van der Waals surface area contributed by atoms with Crippen molar-refractivity contribution in [3.63, 3.8) is 0 Å². The third-order valence-electron chi connectivity index (χ3n) is 4.98. The lowest BCUT2D eigenvalue weighted by atomic mass is 9.88. The molecular formula is C23H29ClN2O2Si. The zero-order chi connectivity index (χ0) is 21.0. The summed E-state index contributed by atoms with van der Waals surface area (Å²) in [5.74, 6) is 4.20. The summed E-state index contributed by atoms with van der Waals surface area (Å²) < 4.78 is 7.22. The molecule has 1 aromatic carbocycles. The van der Waals surface area contributed by atoms with Crippen LogP contribution >= 0.6 is 11.6 Å². The predicted molar refractivity (Wildman–Crippen MR) is 121 cm³/mol. The summed E-state index contributed by atoms with van der Waals surface area (Å²) in [5.41, 5.74) is 5.57. The number of carbonyl (C=O) groups is 1. The lowest BCUT2D eigenvalue weighted by molar-refractivity contribution is 0.0520. The molecule has 154 valence electrons. The summed E-state index contributed by atoms with van der Waals surface area (Å²) in [5, 5.41) is 0.638. The molecule has 0 atom stereocenters. The summed E-state index contributed by atoms with van der Waals surface area (Å²) in [6.07, 6.45) is 7.57. The molecule has 4 nitrogen and oxygen atoms in total. The first-order valence-electron chi connectivity index (χ1n) is 10.4. The monoisotopic (exact) mass is 428 g/mol. The number of halogens is 1. The summed E-state index contributed by atoms with van der Waals surface area (Å²) in [6.45, 7) is 8.80. The van der Waals surface area contributed by atoms with Crippen LogP contribution in [0.3, 0.4) is 0 Å². The number of rotatable bonds is 4. The minimum atomic E-state index is -1.54. The highest BCUT2D eigenvalue weighted by Gasteiger charge is 2.25. The number of hydrogen-bond acceptors (Lipinski definition) is 3. The molecule has 1 aliphatic rings. The third-order valence-corrected chi connectivity index (χ3v) is 6.09. The lowest BCUT2D eigenvalue weighted by Gasteiger charge is -2.22. The molecule has 0 amide bonds. The van der Waals surface area contributed by atoms with E-state index in [2.05, 4.69) is 31.1 Å². The fourth-order valence-corrected chi connectivity index (χ4v) is 4.28. The van der Waals surface area contributed by atoms with Gasteiger partial charge in [-0.3, -0.25) is 0 Å². The highest BCUT2D eigenvalue weighted by molar-refractivity contribution is 6.83. The van der Waals surface area contributed by atoms with E-state index in [1.807, 2.05) is 22.8 Å². The van der Waals surface area contributed by atoms with Crippen LogP contribution in [0.25, 0.3) is 5.69 Å². The van der Waals surface area contributed by atoms with E-state index in [4.69, 9.17) is 21.3 Å². The molecule has 1 heterocycles. The average molecular weight is 429 g/mol. The molecule has 6 heteroatoms. The average Bonchev–Trinajstić information content (AvgIpc) is 3.12. The van der Waals surface area contributed by atoms with Gasteiger partial charge in [0, 0.05) is 22.7 Å². The Morgan fingerprint density at radius 2 is 2.00 bits per heavy atom. The van der Waals surface area contributed by atoms with Crippen LogP contribution < -0.4 is 0 Å². The van der Waals surface area contributed by atoms with Crippen LogP contribution in [-0.4, -0.2) is 30.2 Å². The Hall–Kier alpha value is -2.03. The van der Waals surface area contributed by atoms with Crippen LogP contribution in [-0.2, 0) is 4.74 Å². The number of hydrogen-bond donors (Lipinski definition) is 0. The van der Waals surface area contributed by atoms with Crippen LogP contribution in [0.5, 0.6) is 0 Å². The fraction of sp³-hybridized carbons (Fsp3) is 0.478. The van der Waals surface area contributed by atoms with E-state index in [0.29, 0.717) is 23.2 Å². The maximum absolute atomic E-state index is 12.4. The molecule has 1 aromatic heterocycles. The Labute approximate surface area is 179 Å². The quantitative estimate of drug-likeness (QED) is 0.342. The van der Waals surface area contributed by atoms with Crippen molar-refractivity contribution in [2.24, 2.45) is 0 Å². The van der Waals surface area contributed by atoms with Gasteiger partial charge in [0.15, 0.2) is 5.69 Å². The summed E-state index contributed by atoms with van der Waals surface area (Å²) in [6, 6.07) is 5.74. The molecule has 3 rings (SSSR count). The zero-order valence-corrected chi connectivity index (χ0v) is 19.5. The van der Waals surface area contributed by atoms with Crippen LogP contribution in [0.2, 0.25) is 24.7 Å². The zero-order valence-electron chi connectivity index (χ0n) is 17.7. The fourth-order valence-electron chi connectivity index (χ4n) is 3.60. The molecule has 0 aliphatic heterocycles. The lowest BCUT2D eigenvalue weighted by Crippen LogP contribution is -2.16. The molecule has 2 aromatic rings. The van der Waals surface area contributed by atoms with E-state index in [-0.39, 0.29) is 5.97 Å². The highest BCUT2D eigenvalue weighted by atomic mass is 35.5. The molecule has 0 N–H and O–H groups in total. The summed E-state index contributed by atoms with van der Waals surface area (Å²) in [4.78, 5) is 17.1. The number of imidazole rings is 1. The van der Waals surface area contributed by atoms with Gasteiger partial charge >= 0.3 is 5.97 Å². The minimum Gasteiger partial charge on any atom is -0.461 e. The van der Waals surface area contributed by atoms with E-state index < -0.39 is 8.07 Å². The summed E-state index contributed by atoms with van der Waals surface area (Å²) >= 11 is 6.35. The number of ether oxygens (including phenoxy) is 1. The Morgan fingerprint density at radius 1 is 1.28 bits per heavy atom. The Balaban J connectivity index is 2.14. The molecule has 1 fully saturated rings. The molecule has 0 spiro atoms. The number of aromatic nitrogens is 2. The molecule has 0 unspecified atom stereocenters. The molecule has 29 heavy (non-hydrogen) atoms. The normalized spacial score (nSPS) is 14.9. The second-order valence-corrected chi connectivity index (χ2v) is 13.8. The molecule has 1 aliphatic carbocycles. The smallest absolute Gasteiger partial charge is 0.358 e. The van der Waals surface area contributed by atoms with Gasteiger partial charge in [0.05, 0.1) is 12.3 Å². The molecule has 0 radical (unpaired) electrons. The molecule has 0 saturated heterocycles. The van der Waals surface area contributed by atoms with Crippen molar-refractivity contribution in [2.75, 3.05) is 6.61 Å². The van der Waals surface area contributed by atoms with Gasteiger partial charge in [-0.15, -0.1) is 5.54 Å². The second kappa shape index (κ2) is 9.19. The van der Waals surface area contributed by atoms with Crippen molar-refractivity contribution in [2.45, 2.75) is 64.6 Å². The number of esters is 1. The molecule has 1 saturated carbocycles. The van der Waals surface area contributed by atoms with Crippen molar-refractivity contribution in [3.8, 4) is 17.2 Å². The van der Waals surface area contributed by atoms with Crippen LogP contribution in [0, 0.1) is 11.5 Å². The van der Waals surface area contributed by atoms with Crippen LogP contribution in [0.1, 0.15) is 66.8 Å². The van der Waals surface area contributed by atoms with E-state index in [1.54, 1.807) is 13.1 Å². The van der Waals surface area contributed by atoms with Crippen molar-refractivity contribution < 1.29 is 9.53 Å². The number of nitrogens with zero attached hydrogens (tertiary/aromatic N) is 2. The van der Waals surface area contributed by atoms with Gasteiger partial charge < -0.3 is 9.30 Å². The van der Waals surface area contributed by atoms with Crippen LogP contribution in [0.4, 0.5) is 0 Å². The van der Waals surface area contributed by atoms with Crippen molar-refractivity contribution in [1.82, 2.24) is 9.55 Å². The van der Waals surface area contributed by atoms with Crippen molar-refractivity contribution in [1.29, 1.82) is 0 Å². The number of benzene rings is 1. The van der Waals surface area contributed by atoms with Crippen molar-refractivity contribution in [3.05, 3.63) is 46.5 Å². The van der Waals surface area contributed by atoms with Gasteiger partial charge in [-0.1, -0.05) is 56.4 Å². The maximum atomic E-state index is 12.4. The maximum Gasteiger partial charge on any atom is 0.358 e. The van der Waals surface area contributed by atoms with E-state index in [1.165, 1.54) is 19.3 Å². The second-order valence-electron chi connectivity index (χ2n) is 8.57. The first-order chi connectivity index (χ1) is 13.8. The largest absolute Gasteiger partial charge is 0.461 e. The van der Waals surface area contributed by atoms with Crippen molar-refractivity contribution >= 4 is 25.6 Å². The Morgan fingerprint density at radius 3 is 2.66 bits per heavy atom. The molecule has 0 bridgehead atoms. The Kier molecular flexibility index (Phi) is 6.87. The van der Waals surface area contributed by atoms with Crippen LogP contribution in [0.15, 0.2) is 24.4 Å². The van der Waals surface area contributed by atoms with E-state index in [9.17, 15) is 4.79 Å². The predicted octanol–water partition coefficient (Wildman–Crippen LogP) is 5.98. The van der Waals surface area contributed by atoms with Gasteiger partial charge in [0.25, 0.3) is 0 Å². The topological polar surface area (TPSA) is 44.1 Å². The van der Waals surface area contributed by atoms with E-state index >= 15 is 0 Å². The highest BCUT2D eigenvalue weighted by Crippen LogP contribution is 2.34. The third kappa shape index (κ3) is 5.52. The van der Waals surface area contributed by atoms with Gasteiger partial charge in [0.2, 0.25) is 0 Å². The first kappa shape index (κ1) is 21.7. The molecular weight excluding hydrogens is 400 g/mol. The summed E-state index contributed by atoms with van der Waals surface area (Å²) in [7, 11) is -1.54. The number of carbonyl (C=O) groups excluding carboxylic acids is 1. The first-order valence-corrected chi connectivity index (χ1v) is 14.3. The van der Waals surface area contributed by atoms with E-state index in [0.717, 1.165) is 29.9 Å². The Bertz CT molecular complexity index is 944.